The molecule has 5 aromatic rings. The zero-order valence-corrected chi connectivity index (χ0v) is 18.7. The Hall–Kier alpha value is -3.71. The molecule has 1 aliphatic carbocycles. The summed E-state index contributed by atoms with van der Waals surface area (Å²) in [6, 6.07) is 15.3. The minimum atomic E-state index is -0.247. The van der Waals surface area contributed by atoms with Gasteiger partial charge in [-0.2, -0.15) is 4.98 Å². The molecule has 6 nitrogen and oxygen atoms in total. The highest BCUT2D eigenvalue weighted by Gasteiger charge is 2.46. The van der Waals surface area contributed by atoms with E-state index in [0.29, 0.717) is 0 Å². The zero-order chi connectivity index (χ0) is 22.9. The van der Waals surface area contributed by atoms with Crippen LogP contribution >= 0.6 is 0 Å². The molecule has 0 amide bonds. The summed E-state index contributed by atoms with van der Waals surface area (Å²) < 4.78 is 15.5. The van der Waals surface area contributed by atoms with Crippen LogP contribution in [0, 0.1) is 11.2 Å². The fourth-order valence-corrected chi connectivity index (χ4v) is 6.07. The highest BCUT2D eigenvalue weighted by Crippen LogP contribution is 2.51. The molecule has 3 N–H and O–H groups in total. The van der Waals surface area contributed by atoms with Crippen LogP contribution in [-0.2, 0) is 6.42 Å². The number of piperidine rings is 1. The second kappa shape index (κ2) is 7.14. The quantitative estimate of drug-likeness (QED) is 0.401. The average Bonchev–Trinajstić information content (AvgIpc) is 3.57. The van der Waals surface area contributed by atoms with Gasteiger partial charge in [-0.1, -0.05) is 36.4 Å². The number of fused-ring (bicyclic) bond motifs is 4. The van der Waals surface area contributed by atoms with Crippen molar-refractivity contribution in [2.24, 2.45) is 11.1 Å². The van der Waals surface area contributed by atoms with Crippen LogP contribution in [0.2, 0.25) is 0 Å². The highest BCUT2D eigenvalue weighted by atomic mass is 19.1. The Kier molecular flexibility index (Phi) is 4.14. The molecule has 170 valence electrons. The van der Waals surface area contributed by atoms with Crippen molar-refractivity contribution in [1.82, 2.24) is 19.4 Å². The number of aromatic amines is 1. The molecule has 1 atom stereocenters. The van der Waals surface area contributed by atoms with E-state index in [1.165, 1.54) is 23.3 Å². The normalized spacial score (nSPS) is 19.4. The second-order valence-electron chi connectivity index (χ2n) is 9.67. The van der Waals surface area contributed by atoms with Gasteiger partial charge in [-0.3, -0.25) is 4.40 Å². The molecule has 7 rings (SSSR count). The van der Waals surface area contributed by atoms with Crippen molar-refractivity contribution in [3.63, 3.8) is 0 Å². The van der Waals surface area contributed by atoms with Crippen molar-refractivity contribution in [2.75, 3.05) is 18.0 Å². The number of benzene rings is 2. The van der Waals surface area contributed by atoms with Crippen LogP contribution in [0.15, 0.2) is 67.1 Å². The molecular formula is C27H25FN6. The fraction of sp³-hybridized carbons (Fsp3) is 0.259. The van der Waals surface area contributed by atoms with Gasteiger partial charge in [-0.25, -0.2) is 9.37 Å². The monoisotopic (exact) mass is 452 g/mol. The SMILES string of the molecule is N[C@@H]1c2ccccc2CC12CCN(c1nc3[nH]cc(-c4ccc(F)cc4)c3c3nccn13)CC2. The number of H-pyrrole nitrogens is 1. The molecule has 1 spiro atoms. The van der Waals surface area contributed by atoms with Crippen LogP contribution < -0.4 is 10.6 Å². The van der Waals surface area contributed by atoms with Gasteiger partial charge in [-0.05, 0) is 53.5 Å². The van der Waals surface area contributed by atoms with Crippen molar-refractivity contribution in [3.8, 4) is 11.1 Å². The first kappa shape index (κ1) is 19.7. The van der Waals surface area contributed by atoms with Gasteiger partial charge in [0.1, 0.15) is 11.5 Å². The number of hydrogen-bond donors (Lipinski definition) is 2. The predicted molar refractivity (Wildman–Crippen MR) is 131 cm³/mol. The first-order valence-electron chi connectivity index (χ1n) is 11.8. The molecule has 0 saturated carbocycles. The summed E-state index contributed by atoms with van der Waals surface area (Å²) in [5.74, 6) is 0.648. The van der Waals surface area contributed by atoms with E-state index < -0.39 is 0 Å². The van der Waals surface area contributed by atoms with E-state index in [1.807, 2.05) is 18.6 Å². The van der Waals surface area contributed by atoms with Crippen LogP contribution in [0.3, 0.4) is 0 Å². The number of nitrogens with one attached hydrogen (secondary N) is 1. The van der Waals surface area contributed by atoms with Crippen LogP contribution in [0.1, 0.15) is 30.0 Å². The Morgan fingerprint density at radius 3 is 2.65 bits per heavy atom. The number of halogens is 1. The van der Waals surface area contributed by atoms with Gasteiger partial charge < -0.3 is 15.6 Å². The van der Waals surface area contributed by atoms with Gasteiger partial charge in [0.2, 0.25) is 5.95 Å². The number of rotatable bonds is 2. The van der Waals surface area contributed by atoms with Crippen LogP contribution in [0.25, 0.3) is 27.8 Å². The Bertz CT molecular complexity index is 1520. The Balaban J connectivity index is 1.24. The molecule has 0 bridgehead atoms. The van der Waals surface area contributed by atoms with Crippen molar-refractivity contribution in [2.45, 2.75) is 25.3 Å². The van der Waals surface area contributed by atoms with Crippen molar-refractivity contribution < 1.29 is 4.39 Å². The van der Waals surface area contributed by atoms with Crippen LogP contribution in [-0.4, -0.2) is 32.4 Å². The van der Waals surface area contributed by atoms with Gasteiger partial charge in [0.05, 0.1) is 5.39 Å². The minimum absolute atomic E-state index is 0.0937. The smallest absolute Gasteiger partial charge is 0.213 e. The van der Waals surface area contributed by atoms with Gasteiger partial charge in [0, 0.05) is 43.3 Å². The molecule has 4 heterocycles. The molecule has 0 unspecified atom stereocenters. The molecule has 3 aromatic heterocycles. The summed E-state index contributed by atoms with van der Waals surface area (Å²) in [5, 5.41) is 0.946. The first-order valence-corrected chi connectivity index (χ1v) is 11.8. The van der Waals surface area contributed by atoms with E-state index in [4.69, 9.17) is 10.7 Å². The lowest BCUT2D eigenvalue weighted by Crippen LogP contribution is -2.45. The molecule has 1 saturated heterocycles. The lowest BCUT2D eigenvalue weighted by atomic mass is 9.73. The number of anilines is 1. The largest absolute Gasteiger partial charge is 0.345 e. The summed E-state index contributed by atoms with van der Waals surface area (Å²) in [5.41, 5.74) is 13.2. The fourth-order valence-electron chi connectivity index (χ4n) is 6.07. The lowest BCUT2D eigenvalue weighted by molar-refractivity contribution is 0.187. The van der Waals surface area contributed by atoms with E-state index in [1.54, 1.807) is 12.1 Å². The van der Waals surface area contributed by atoms with Crippen molar-refractivity contribution in [3.05, 3.63) is 84.1 Å². The third-order valence-corrected chi connectivity index (χ3v) is 7.94. The average molecular weight is 453 g/mol. The van der Waals surface area contributed by atoms with E-state index in [0.717, 1.165) is 66.1 Å². The van der Waals surface area contributed by atoms with E-state index in [-0.39, 0.29) is 17.3 Å². The lowest BCUT2D eigenvalue weighted by Gasteiger charge is -2.42. The Morgan fingerprint density at radius 1 is 1.06 bits per heavy atom. The third kappa shape index (κ3) is 2.77. The molecule has 34 heavy (non-hydrogen) atoms. The number of aromatic nitrogens is 4. The summed E-state index contributed by atoms with van der Waals surface area (Å²) >= 11 is 0. The highest BCUT2D eigenvalue weighted by molar-refractivity contribution is 6.03. The maximum absolute atomic E-state index is 13.5. The van der Waals surface area contributed by atoms with Crippen molar-refractivity contribution in [1.29, 1.82) is 0 Å². The van der Waals surface area contributed by atoms with Crippen LogP contribution in [0.5, 0.6) is 0 Å². The molecule has 7 heteroatoms. The standard InChI is InChI=1S/C27H25FN6/c28-19-7-5-17(6-8-19)21-16-31-24-22(21)25-30-11-14-34(25)26(32-24)33-12-9-27(10-13-33)15-18-3-1-2-4-20(18)23(27)29/h1-8,11,14,16,23,31H,9-10,12-13,15,29H2/t23-/m1/s1. The number of nitrogens with zero attached hydrogens (tertiary/aromatic N) is 4. The number of imidazole rings is 1. The van der Waals surface area contributed by atoms with E-state index in [9.17, 15) is 4.39 Å². The maximum atomic E-state index is 13.5. The zero-order valence-electron chi connectivity index (χ0n) is 18.7. The maximum Gasteiger partial charge on any atom is 0.213 e. The molecule has 1 fully saturated rings. The second-order valence-corrected chi connectivity index (χ2v) is 9.67. The van der Waals surface area contributed by atoms with Gasteiger partial charge >= 0.3 is 0 Å². The topological polar surface area (TPSA) is 75.2 Å². The molecule has 0 radical (unpaired) electrons. The van der Waals surface area contributed by atoms with Gasteiger partial charge in [-0.15, -0.1) is 0 Å². The Labute approximate surface area is 196 Å². The predicted octanol–water partition coefficient (Wildman–Crippen LogP) is 4.86. The van der Waals surface area contributed by atoms with Crippen molar-refractivity contribution >= 4 is 22.6 Å². The Morgan fingerprint density at radius 2 is 1.85 bits per heavy atom. The number of nitrogens with two attached hydrogens (primary N) is 1. The third-order valence-electron chi connectivity index (χ3n) is 7.94. The summed E-state index contributed by atoms with van der Waals surface area (Å²) in [6.45, 7) is 1.80. The minimum Gasteiger partial charge on any atom is -0.345 e. The molecular weight excluding hydrogens is 427 g/mol. The van der Waals surface area contributed by atoms with Gasteiger partial charge in [0.25, 0.3) is 0 Å². The van der Waals surface area contributed by atoms with E-state index >= 15 is 0 Å². The molecule has 2 aliphatic rings. The summed E-state index contributed by atoms with van der Waals surface area (Å²) in [6.07, 6.45) is 8.84. The summed E-state index contributed by atoms with van der Waals surface area (Å²) in [7, 11) is 0. The van der Waals surface area contributed by atoms with Crippen LogP contribution in [0.4, 0.5) is 10.3 Å². The molecule has 2 aromatic carbocycles. The van der Waals surface area contributed by atoms with E-state index in [2.05, 4.69) is 43.5 Å². The van der Waals surface area contributed by atoms with Gasteiger partial charge in [0.15, 0.2) is 5.65 Å². The first-order chi connectivity index (χ1) is 16.6. The number of hydrogen-bond acceptors (Lipinski definition) is 4. The summed E-state index contributed by atoms with van der Waals surface area (Å²) in [4.78, 5) is 15.4. The molecule has 1 aliphatic heterocycles.